The smallest absolute Gasteiger partial charge is 0.284 e. The van der Waals surface area contributed by atoms with Crippen molar-refractivity contribution in [2.75, 3.05) is 5.32 Å². The summed E-state index contributed by atoms with van der Waals surface area (Å²) in [7, 11) is 0. The number of hydrogen-bond acceptors (Lipinski definition) is 5. The van der Waals surface area contributed by atoms with E-state index < -0.39 is 10.8 Å². The first kappa shape index (κ1) is 21.5. The largest absolute Gasteiger partial charge is 0.326 e. The third kappa shape index (κ3) is 6.43. The van der Waals surface area contributed by atoms with Crippen molar-refractivity contribution < 1.29 is 14.5 Å². The van der Waals surface area contributed by atoms with Gasteiger partial charge in [-0.05, 0) is 46.6 Å². The monoisotopic (exact) mass is 466 g/mol. The molecular weight excluding hydrogens is 452 g/mol. The normalized spacial score (nSPS) is 10.7. The molecule has 8 nitrogen and oxygen atoms in total. The first-order valence-electron chi connectivity index (χ1n) is 8.08. The standard InChI is InChI=1S/C18H16BrClN4O4/c1-11-2-4-13(9-15(11)20)22-17(25)6-7-18(26)23-21-10-12-3-5-14(19)16(8-12)24(27)28/h2-5,8-10H,6-7H2,1H3,(H,22,25)(H,23,26). The SMILES string of the molecule is Cc1ccc(NC(=O)CCC(=O)NN=Cc2ccc(Br)c([N+](=O)[O-])c2)cc1Cl. The molecule has 2 amide bonds. The van der Waals surface area contributed by atoms with Gasteiger partial charge in [-0.3, -0.25) is 19.7 Å². The summed E-state index contributed by atoms with van der Waals surface area (Å²) in [6.45, 7) is 1.85. The number of nitro benzene ring substituents is 1. The van der Waals surface area contributed by atoms with Crippen LogP contribution < -0.4 is 10.7 Å². The van der Waals surface area contributed by atoms with Gasteiger partial charge in [-0.15, -0.1) is 0 Å². The minimum atomic E-state index is -0.528. The van der Waals surface area contributed by atoms with Gasteiger partial charge in [0.1, 0.15) is 0 Å². The van der Waals surface area contributed by atoms with Crippen molar-refractivity contribution >= 4 is 56.9 Å². The fraction of sp³-hybridized carbons (Fsp3) is 0.167. The lowest BCUT2D eigenvalue weighted by molar-refractivity contribution is -0.385. The number of nitro groups is 1. The third-order valence-corrected chi connectivity index (χ3v) is 4.68. The number of rotatable bonds is 7. The second-order valence-electron chi connectivity index (χ2n) is 5.77. The third-order valence-electron chi connectivity index (χ3n) is 3.60. The van der Waals surface area contributed by atoms with E-state index in [0.29, 0.717) is 20.7 Å². The number of hydrazone groups is 1. The zero-order valence-electron chi connectivity index (χ0n) is 14.7. The lowest BCUT2D eigenvalue weighted by Crippen LogP contribution is -2.20. The number of aryl methyl sites for hydroxylation is 1. The second kappa shape index (κ2) is 9.95. The van der Waals surface area contributed by atoms with Gasteiger partial charge in [0.05, 0.1) is 15.6 Å². The van der Waals surface area contributed by atoms with Crippen LogP contribution in [0.15, 0.2) is 46.0 Å². The minimum absolute atomic E-state index is 0.0311. The predicted molar refractivity (Wildman–Crippen MR) is 111 cm³/mol. The highest BCUT2D eigenvalue weighted by Gasteiger charge is 2.11. The van der Waals surface area contributed by atoms with Gasteiger partial charge < -0.3 is 5.32 Å². The number of nitrogens with zero attached hydrogens (tertiary/aromatic N) is 2. The molecule has 0 aliphatic carbocycles. The van der Waals surface area contributed by atoms with Gasteiger partial charge >= 0.3 is 0 Å². The Labute approximate surface area is 174 Å². The molecule has 0 atom stereocenters. The number of nitrogens with one attached hydrogen (secondary N) is 2. The van der Waals surface area contributed by atoms with Crippen LogP contribution in [0.25, 0.3) is 0 Å². The van der Waals surface area contributed by atoms with Crippen LogP contribution in [0.2, 0.25) is 5.02 Å². The van der Waals surface area contributed by atoms with E-state index >= 15 is 0 Å². The average Bonchev–Trinajstić information content (AvgIpc) is 2.64. The van der Waals surface area contributed by atoms with Crippen LogP contribution in [0.3, 0.4) is 0 Å². The maximum Gasteiger partial charge on any atom is 0.284 e. The van der Waals surface area contributed by atoms with Crippen molar-refractivity contribution in [1.29, 1.82) is 0 Å². The number of halogens is 2. The fourth-order valence-corrected chi connectivity index (χ4v) is 2.68. The van der Waals surface area contributed by atoms with E-state index in [-0.39, 0.29) is 24.4 Å². The Balaban J connectivity index is 1.81. The Morgan fingerprint density at radius 1 is 1.21 bits per heavy atom. The molecule has 0 aliphatic heterocycles. The molecule has 0 heterocycles. The van der Waals surface area contributed by atoms with E-state index in [1.54, 1.807) is 24.3 Å². The maximum atomic E-state index is 11.9. The highest BCUT2D eigenvalue weighted by Crippen LogP contribution is 2.25. The van der Waals surface area contributed by atoms with Gasteiger partial charge in [0.25, 0.3) is 5.69 Å². The minimum Gasteiger partial charge on any atom is -0.326 e. The van der Waals surface area contributed by atoms with Crippen molar-refractivity contribution in [2.45, 2.75) is 19.8 Å². The fourth-order valence-electron chi connectivity index (χ4n) is 2.11. The van der Waals surface area contributed by atoms with Gasteiger partial charge in [0, 0.05) is 35.2 Å². The summed E-state index contributed by atoms with van der Waals surface area (Å²) in [6, 6.07) is 9.58. The molecule has 2 aromatic carbocycles. The van der Waals surface area contributed by atoms with Crippen LogP contribution in [-0.2, 0) is 9.59 Å². The van der Waals surface area contributed by atoms with Gasteiger partial charge in [-0.25, -0.2) is 5.43 Å². The Bertz CT molecular complexity index is 949. The van der Waals surface area contributed by atoms with Crippen molar-refractivity contribution in [3.63, 3.8) is 0 Å². The van der Waals surface area contributed by atoms with E-state index in [4.69, 9.17) is 11.6 Å². The number of benzene rings is 2. The Kier molecular flexibility index (Phi) is 7.65. The number of hydrogen-bond donors (Lipinski definition) is 2. The molecule has 0 saturated heterocycles. The lowest BCUT2D eigenvalue weighted by Gasteiger charge is -2.06. The molecule has 2 N–H and O–H groups in total. The van der Waals surface area contributed by atoms with Crippen LogP contribution in [0.5, 0.6) is 0 Å². The van der Waals surface area contributed by atoms with Crippen molar-refractivity contribution in [3.05, 3.63) is 67.1 Å². The molecule has 2 aromatic rings. The lowest BCUT2D eigenvalue weighted by atomic mass is 10.2. The van der Waals surface area contributed by atoms with Gasteiger partial charge in [-0.2, -0.15) is 5.10 Å². The average molecular weight is 468 g/mol. The maximum absolute atomic E-state index is 11.9. The van der Waals surface area contributed by atoms with Crippen LogP contribution in [0, 0.1) is 17.0 Å². The Hall–Kier alpha value is -2.78. The molecule has 0 unspecified atom stereocenters. The van der Waals surface area contributed by atoms with E-state index in [9.17, 15) is 19.7 Å². The van der Waals surface area contributed by atoms with E-state index in [0.717, 1.165) is 5.56 Å². The topological polar surface area (TPSA) is 114 Å². The number of carbonyl (C=O) groups is 2. The summed E-state index contributed by atoms with van der Waals surface area (Å²) in [5.74, 6) is -0.789. The zero-order chi connectivity index (χ0) is 20.7. The summed E-state index contributed by atoms with van der Waals surface area (Å²) in [4.78, 5) is 34.0. The zero-order valence-corrected chi connectivity index (χ0v) is 17.1. The molecule has 28 heavy (non-hydrogen) atoms. The molecule has 0 fully saturated rings. The van der Waals surface area contributed by atoms with Crippen molar-refractivity contribution in [1.82, 2.24) is 5.43 Å². The first-order chi connectivity index (χ1) is 13.3. The van der Waals surface area contributed by atoms with Gasteiger partial charge in [-0.1, -0.05) is 23.7 Å². The number of anilines is 1. The Morgan fingerprint density at radius 2 is 1.93 bits per heavy atom. The highest BCUT2D eigenvalue weighted by atomic mass is 79.9. The molecule has 0 radical (unpaired) electrons. The van der Waals surface area contributed by atoms with Crippen LogP contribution in [0.4, 0.5) is 11.4 Å². The molecule has 0 aromatic heterocycles. The molecule has 0 aliphatic rings. The number of carbonyl (C=O) groups excluding carboxylic acids is 2. The van der Waals surface area contributed by atoms with Crippen molar-refractivity contribution in [3.8, 4) is 0 Å². The summed E-state index contributed by atoms with van der Waals surface area (Å²) in [6.07, 6.45) is 1.19. The van der Waals surface area contributed by atoms with Crippen LogP contribution in [0.1, 0.15) is 24.0 Å². The van der Waals surface area contributed by atoms with Crippen LogP contribution in [-0.4, -0.2) is 23.0 Å². The van der Waals surface area contributed by atoms with Gasteiger partial charge in [0.15, 0.2) is 0 Å². The highest BCUT2D eigenvalue weighted by molar-refractivity contribution is 9.10. The van der Waals surface area contributed by atoms with Crippen molar-refractivity contribution in [2.24, 2.45) is 5.10 Å². The first-order valence-corrected chi connectivity index (χ1v) is 9.25. The number of amides is 2. The Morgan fingerprint density at radius 3 is 2.61 bits per heavy atom. The molecule has 0 saturated carbocycles. The summed E-state index contributed by atoms with van der Waals surface area (Å²) >= 11 is 9.08. The second-order valence-corrected chi connectivity index (χ2v) is 7.03. The molecule has 0 spiro atoms. The molecule has 2 rings (SSSR count). The van der Waals surface area contributed by atoms with E-state index in [1.165, 1.54) is 18.3 Å². The quantitative estimate of drug-likeness (QED) is 0.361. The van der Waals surface area contributed by atoms with Crippen LogP contribution >= 0.6 is 27.5 Å². The summed E-state index contributed by atoms with van der Waals surface area (Å²) in [5, 5.41) is 17.8. The van der Waals surface area contributed by atoms with Gasteiger partial charge in [0.2, 0.25) is 11.8 Å². The van der Waals surface area contributed by atoms with E-state index in [2.05, 4.69) is 31.8 Å². The molecule has 0 bridgehead atoms. The summed E-state index contributed by atoms with van der Waals surface area (Å²) < 4.78 is 0.347. The van der Waals surface area contributed by atoms with E-state index in [1.807, 2.05) is 6.92 Å². The molecule has 146 valence electrons. The molecule has 10 heteroatoms. The molecular formula is C18H16BrClN4O4. The predicted octanol–water partition coefficient (Wildman–Crippen LogP) is 4.19. The summed E-state index contributed by atoms with van der Waals surface area (Å²) in [5.41, 5.74) is 4.07.